The SMILES string of the molecule is C/C=C/[C@@H](C)Oc1cccc(C)c1. The average molecular weight is 176 g/mol. The Morgan fingerprint density at radius 3 is 2.77 bits per heavy atom. The predicted octanol–water partition coefficient (Wildman–Crippen LogP) is 3.34. The number of allylic oxidation sites excluding steroid dienone is 1. The molecule has 1 aromatic rings. The highest BCUT2D eigenvalue weighted by molar-refractivity contribution is 5.27. The molecule has 0 bridgehead atoms. The molecule has 13 heavy (non-hydrogen) atoms. The largest absolute Gasteiger partial charge is 0.487 e. The van der Waals surface area contributed by atoms with Gasteiger partial charge in [0, 0.05) is 0 Å². The van der Waals surface area contributed by atoms with Gasteiger partial charge in [-0.15, -0.1) is 0 Å². The van der Waals surface area contributed by atoms with E-state index in [4.69, 9.17) is 4.74 Å². The van der Waals surface area contributed by atoms with Crippen LogP contribution in [0, 0.1) is 6.92 Å². The van der Waals surface area contributed by atoms with Crippen molar-refractivity contribution in [2.45, 2.75) is 26.9 Å². The fourth-order valence-electron chi connectivity index (χ4n) is 1.21. The molecule has 0 spiro atoms. The van der Waals surface area contributed by atoms with Crippen LogP contribution in [0.2, 0.25) is 0 Å². The van der Waals surface area contributed by atoms with Gasteiger partial charge in [-0.05, 0) is 44.5 Å². The molecule has 0 aromatic heterocycles. The van der Waals surface area contributed by atoms with Gasteiger partial charge in [0.1, 0.15) is 11.9 Å². The molecule has 0 aliphatic carbocycles. The van der Waals surface area contributed by atoms with Gasteiger partial charge in [-0.2, -0.15) is 0 Å². The van der Waals surface area contributed by atoms with Crippen LogP contribution in [-0.4, -0.2) is 6.10 Å². The van der Waals surface area contributed by atoms with Crippen molar-refractivity contribution >= 4 is 0 Å². The Kier molecular flexibility index (Phi) is 3.56. The normalized spacial score (nSPS) is 13.2. The molecule has 0 saturated heterocycles. The third-order valence-electron chi connectivity index (χ3n) is 1.77. The summed E-state index contributed by atoms with van der Waals surface area (Å²) in [6, 6.07) is 8.09. The molecular weight excluding hydrogens is 160 g/mol. The molecule has 0 N–H and O–H groups in total. The molecule has 1 nitrogen and oxygen atoms in total. The molecule has 1 rings (SSSR count). The summed E-state index contributed by atoms with van der Waals surface area (Å²) < 4.78 is 5.65. The first kappa shape index (κ1) is 9.85. The van der Waals surface area contributed by atoms with Gasteiger partial charge in [0.2, 0.25) is 0 Å². The van der Waals surface area contributed by atoms with Gasteiger partial charge in [0.05, 0.1) is 0 Å². The minimum Gasteiger partial charge on any atom is -0.487 e. The second-order valence-electron chi connectivity index (χ2n) is 3.17. The summed E-state index contributed by atoms with van der Waals surface area (Å²) in [4.78, 5) is 0. The fourth-order valence-corrected chi connectivity index (χ4v) is 1.21. The van der Waals surface area contributed by atoms with Crippen LogP contribution in [0.15, 0.2) is 36.4 Å². The minimum absolute atomic E-state index is 0.145. The summed E-state index contributed by atoms with van der Waals surface area (Å²) in [5.74, 6) is 0.936. The van der Waals surface area contributed by atoms with Crippen LogP contribution in [0.3, 0.4) is 0 Å². The Hall–Kier alpha value is -1.24. The Morgan fingerprint density at radius 2 is 2.15 bits per heavy atom. The first-order chi connectivity index (χ1) is 6.22. The summed E-state index contributed by atoms with van der Waals surface area (Å²) in [6.07, 6.45) is 4.18. The maximum absolute atomic E-state index is 5.65. The molecule has 0 aliphatic rings. The summed E-state index contributed by atoms with van der Waals surface area (Å²) >= 11 is 0. The monoisotopic (exact) mass is 176 g/mol. The highest BCUT2D eigenvalue weighted by atomic mass is 16.5. The van der Waals surface area contributed by atoms with Crippen molar-refractivity contribution in [2.75, 3.05) is 0 Å². The number of hydrogen-bond donors (Lipinski definition) is 0. The summed E-state index contributed by atoms with van der Waals surface area (Å²) in [5.41, 5.74) is 1.23. The fraction of sp³-hybridized carbons (Fsp3) is 0.333. The second-order valence-corrected chi connectivity index (χ2v) is 3.17. The molecule has 1 aromatic carbocycles. The predicted molar refractivity (Wildman–Crippen MR) is 56.1 cm³/mol. The molecule has 1 heteroatoms. The molecule has 0 fully saturated rings. The molecule has 0 radical (unpaired) electrons. The Morgan fingerprint density at radius 1 is 1.38 bits per heavy atom. The smallest absolute Gasteiger partial charge is 0.120 e. The number of aryl methyl sites for hydroxylation is 1. The van der Waals surface area contributed by atoms with Crippen LogP contribution in [0.1, 0.15) is 19.4 Å². The van der Waals surface area contributed by atoms with E-state index < -0.39 is 0 Å². The zero-order valence-electron chi connectivity index (χ0n) is 8.45. The quantitative estimate of drug-likeness (QED) is 0.642. The maximum atomic E-state index is 5.65. The standard InChI is InChI=1S/C12H16O/c1-4-6-11(3)13-12-8-5-7-10(2)9-12/h4-9,11H,1-3H3/b6-4+/t11-/m1/s1. The average Bonchev–Trinajstić information content (AvgIpc) is 2.04. The molecule has 70 valence electrons. The lowest BCUT2D eigenvalue weighted by Crippen LogP contribution is -2.07. The van der Waals surface area contributed by atoms with Crippen molar-refractivity contribution < 1.29 is 4.74 Å². The van der Waals surface area contributed by atoms with Gasteiger partial charge in [0.15, 0.2) is 0 Å². The van der Waals surface area contributed by atoms with E-state index in [0.717, 1.165) is 5.75 Å². The van der Waals surface area contributed by atoms with Crippen molar-refractivity contribution in [1.82, 2.24) is 0 Å². The van der Waals surface area contributed by atoms with Crippen LogP contribution in [-0.2, 0) is 0 Å². The number of hydrogen-bond acceptors (Lipinski definition) is 1. The van der Waals surface area contributed by atoms with Crippen LogP contribution >= 0.6 is 0 Å². The zero-order chi connectivity index (χ0) is 9.68. The lowest BCUT2D eigenvalue weighted by atomic mass is 10.2. The van der Waals surface area contributed by atoms with E-state index in [0.29, 0.717) is 0 Å². The second kappa shape index (κ2) is 4.70. The van der Waals surface area contributed by atoms with E-state index in [9.17, 15) is 0 Å². The van der Waals surface area contributed by atoms with Crippen LogP contribution in [0.4, 0.5) is 0 Å². The van der Waals surface area contributed by atoms with Gasteiger partial charge in [-0.1, -0.05) is 18.2 Å². The lowest BCUT2D eigenvalue weighted by molar-refractivity contribution is 0.269. The van der Waals surface area contributed by atoms with E-state index in [2.05, 4.69) is 13.0 Å². The first-order valence-electron chi connectivity index (χ1n) is 4.58. The molecule has 0 saturated carbocycles. The summed E-state index contributed by atoms with van der Waals surface area (Å²) in [5, 5.41) is 0. The minimum atomic E-state index is 0.145. The van der Waals surface area contributed by atoms with E-state index >= 15 is 0 Å². The molecule has 0 aliphatic heterocycles. The van der Waals surface area contributed by atoms with Crippen molar-refractivity contribution in [2.24, 2.45) is 0 Å². The number of rotatable bonds is 3. The van der Waals surface area contributed by atoms with Crippen LogP contribution in [0.5, 0.6) is 5.75 Å². The van der Waals surface area contributed by atoms with E-state index in [1.165, 1.54) is 5.56 Å². The number of benzene rings is 1. The Balaban J connectivity index is 2.63. The molecule has 0 amide bonds. The van der Waals surface area contributed by atoms with Crippen molar-refractivity contribution in [3.8, 4) is 5.75 Å². The zero-order valence-corrected chi connectivity index (χ0v) is 8.45. The molecular formula is C12H16O. The lowest BCUT2D eigenvalue weighted by Gasteiger charge is -2.10. The molecule has 1 atom stereocenters. The van der Waals surface area contributed by atoms with Gasteiger partial charge < -0.3 is 4.74 Å². The van der Waals surface area contributed by atoms with E-state index in [-0.39, 0.29) is 6.10 Å². The van der Waals surface area contributed by atoms with Crippen molar-refractivity contribution in [1.29, 1.82) is 0 Å². The molecule has 0 unspecified atom stereocenters. The van der Waals surface area contributed by atoms with Gasteiger partial charge in [-0.25, -0.2) is 0 Å². The maximum Gasteiger partial charge on any atom is 0.120 e. The van der Waals surface area contributed by atoms with Crippen molar-refractivity contribution in [3.05, 3.63) is 42.0 Å². The number of ether oxygens (including phenoxy) is 1. The third-order valence-corrected chi connectivity index (χ3v) is 1.77. The summed E-state index contributed by atoms with van der Waals surface area (Å²) in [6.45, 7) is 6.09. The van der Waals surface area contributed by atoms with Gasteiger partial charge in [0.25, 0.3) is 0 Å². The van der Waals surface area contributed by atoms with Crippen molar-refractivity contribution in [3.63, 3.8) is 0 Å². The van der Waals surface area contributed by atoms with E-state index in [1.807, 2.05) is 44.2 Å². The highest BCUT2D eigenvalue weighted by Crippen LogP contribution is 2.14. The Labute approximate surface area is 80.0 Å². The van der Waals surface area contributed by atoms with Gasteiger partial charge in [-0.3, -0.25) is 0 Å². The Bertz CT molecular complexity index is 289. The van der Waals surface area contributed by atoms with E-state index in [1.54, 1.807) is 0 Å². The topological polar surface area (TPSA) is 9.23 Å². The molecule has 0 heterocycles. The first-order valence-corrected chi connectivity index (χ1v) is 4.58. The highest BCUT2D eigenvalue weighted by Gasteiger charge is 1.98. The summed E-state index contributed by atoms with van der Waals surface area (Å²) in [7, 11) is 0. The van der Waals surface area contributed by atoms with Crippen LogP contribution < -0.4 is 4.74 Å². The van der Waals surface area contributed by atoms with Crippen LogP contribution in [0.25, 0.3) is 0 Å². The third kappa shape index (κ3) is 3.32. The van der Waals surface area contributed by atoms with Gasteiger partial charge >= 0.3 is 0 Å².